The molecule has 0 aliphatic carbocycles. The molecule has 0 aliphatic heterocycles. The van der Waals surface area contributed by atoms with Gasteiger partial charge in [-0.2, -0.15) is 0 Å². The minimum Gasteiger partial charge on any atom is -0.0654 e. The first-order valence-corrected chi connectivity index (χ1v) is 7.95. The minimum atomic E-state index is 1.28. The average Bonchev–Trinajstić information content (AvgIpc) is 2.40. The number of unbranched alkanes of at least 4 members (excludes halogenated alkanes) is 6. The van der Waals surface area contributed by atoms with Crippen molar-refractivity contribution in [3.63, 3.8) is 0 Å². The Morgan fingerprint density at radius 1 is 0.611 bits per heavy atom. The van der Waals surface area contributed by atoms with Crippen molar-refractivity contribution in [2.75, 3.05) is 0 Å². The van der Waals surface area contributed by atoms with Crippen molar-refractivity contribution in [1.82, 2.24) is 0 Å². The first-order valence-electron chi connectivity index (χ1n) is 7.95. The van der Waals surface area contributed by atoms with Crippen LogP contribution in [-0.4, -0.2) is 0 Å². The summed E-state index contributed by atoms with van der Waals surface area (Å²) in [6.45, 7) is 4.56. The average molecular weight is 246 g/mol. The van der Waals surface area contributed by atoms with Crippen LogP contribution in [0.15, 0.2) is 24.3 Å². The third-order valence-electron chi connectivity index (χ3n) is 3.72. The standard InChI is InChI=1S/C18H30/c1-3-5-7-8-10-14-18-16-12-11-15-17(18)13-9-6-4-2/h11-12,15-16H,3-10,13-14H2,1-2H3. The topological polar surface area (TPSA) is 0 Å². The van der Waals surface area contributed by atoms with E-state index in [9.17, 15) is 0 Å². The Labute approximate surface area is 114 Å². The van der Waals surface area contributed by atoms with Crippen LogP contribution in [0, 0.1) is 0 Å². The molecule has 0 aliphatic rings. The summed E-state index contributed by atoms with van der Waals surface area (Å²) < 4.78 is 0. The highest BCUT2D eigenvalue weighted by molar-refractivity contribution is 5.27. The zero-order valence-corrected chi connectivity index (χ0v) is 12.4. The fraction of sp³-hybridized carbons (Fsp3) is 0.667. The lowest BCUT2D eigenvalue weighted by atomic mass is 9.97. The van der Waals surface area contributed by atoms with Gasteiger partial charge in [-0.05, 0) is 36.8 Å². The zero-order valence-electron chi connectivity index (χ0n) is 12.4. The molecule has 0 saturated carbocycles. The van der Waals surface area contributed by atoms with Crippen molar-refractivity contribution in [1.29, 1.82) is 0 Å². The molecule has 0 aromatic heterocycles. The maximum Gasteiger partial charge on any atom is -0.0276 e. The highest BCUT2D eigenvalue weighted by Crippen LogP contribution is 2.16. The van der Waals surface area contributed by atoms with Gasteiger partial charge < -0.3 is 0 Å². The summed E-state index contributed by atoms with van der Waals surface area (Å²) in [7, 11) is 0. The molecule has 0 unspecified atom stereocenters. The second-order valence-electron chi connectivity index (χ2n) is 5.39. The molecule has 0 amide bonds. The second kappa shape index (κ2) is 10.2. The lowest BCUT2D eigenvalue weighted by Crippen LogP contribution is -1.95. The molecule has 0 fully saturated rings. The predicted molar refractivity (Wildman–Crippen MR) is 82.1 cm³/mol. The van der Waals surface area contributed by atoms with Crippen molar-refractivity contribution in [2.24, 2.45) is 0 Å². The van der Waals surface area contributed by atoms with Crippen molar-refractivity contribution in [2.45, 2.75) is 78.1 Å². The molecule has 102 valence electrons. The summed E-state index contributed by atoms with van der Waals surface area (Å²) in [5, 5.41) is 0. The molecule has 0 bridgehead atoms. The molecular formula is C18H30. The third kappa shape index (κ3) is 6.23. The van der Waals surface area contributed by atoms with E-state index in [0.717, 1.165) is 0 Å². The van der Waals surface area contributed by atoms with Gasteiger partial charge in [0.05, 0.1) is 0 Å². The van der Waals surface area contributed by atoms with Crippen molar-refractivity contribution < 1.29 is 0 Å². The van der Waals surface area contributed by atoms with Gasteiger partial charge in [0, 0.05) is 0 Å². The molecule has 0 N–H and O–H groups in total. The first kappa shape index (κ1) is 15.3. The third-order valence-corrected chi connectivity index (χ3v) is 3.72. The lowest BCUT2D eigenvalue weighted by molar-refractivity contribution is 0.629. The van der Waals surface area contributed by atoms with Crippen LogP contribution in [0.4, 0.5) is 0 Å². The SMILES string of the molecule is CCCCCCCc1ccccc1CCCCC. The molecule has 1 rings (SSSR count). The van der Waals surface area contributed by atoms with Crippen LogP contribution < -0.4 is 0 Å². The Balaban J connectivity index is 2.33. The van der Waals surface area contributed by atoms with Crippen molar-refractivity contribution in [3.8, 4) is 0 Å². The lowest BCUT2D eigenvalue weighted by Gasteiger charge is -2.09. The van der Waals surface area contributed by atoms with Crippen LogP contribution in [0.5, 0.6) is 0 Å². The monoisotopic (exact) mass is 246 g/mol. The van der Waals surface area contributed by atoms with Crippen LogP contribution in [0.25, 0.3) is 0 Å². The van der Waals surface area contributed by atoms with E-state index in [1.807, 2.05) is 0 Å². The van der Waals surface area contributed by atoms with Crippen molar-refractivity contribution >= 4 is 0 Å². The maximum absolute atomic E-state index is 2.33. The van der Waals surface area contributed by atoms with E-state index in [4.69, 9.17) is 0 Å². The molecule has 0 saturated heterocycles. The normalized spacial score (nSPS) is 10.8. The number of hydrogen-bond donors (Lipinski definition) is 0. The summed E-state index contributed by atoms with van der Waals surface area (Å²) in [4.78, 5) is 0. The highest BCUT2D eigenvalue weighted by atomic mass is 14.1. The van der Waals surface area contributed by atoms with Gasteiger partial charge in [0.1, 0.15) is 0 Å². The van der Waals surface area contributed by atoms with E-state index in [-0.39, 0.29) is 0 Å². The minimum absolute atomic E-state index is 1.28. The number of rotatable bonds is 10. The molecule has 0 heterocycles. The van der Waals surface area contributed by atoms with E-state index < -0.39 is 0 Å². The van der Waals surface area contributed by atoms with Gasteiger partial charge in [-0.15, -0.1) is 0 Å². The van der Waals surface area contributed by atoms with E-state index in [1.54, 1.807) is 11.1 Å². The second-order valence-corrected chi connectivity index (χ2v) is 5.39. The molecule has 0 spiro atoms. The molecule has 0 atom stereocenters. The van der Waals surface area contributed by atoms with Gasteiger partial charge in [0.15, 0.2) is 0 Å². The fourth-order valence-electron chi connectivity index (χ4n) is 2.53. The van der Waals surface area contributed by atoms with Crippen LogP contribution in [0.3, 0.4) is 0 Å². The summed E-state index contributed by atoms with van der Waals surface area (Å²) in [6, 6.07) is 9.06. The largest absolute Gasteiger partial charge is 0.0654 e. The number of hydrogen-bond acceptors (Lipinski definition) is 0. The smallest absolute Gasteiger partial charge is 0.0276 e. The number of benzene rings is 1. The predicted octanol–water partition coefficient (Wildman–Crippen LogP) is 5.93. The van der Waals surface area contributed by atoms with Gasteiger partial charge >= 0.3 is 0 Å². The molecule has 0 heteroatoms. The molecular weight excluding hydrogens is 216 g/mol. The Hall–Kier alpha value is -0.780. The molecule has 18 heavy (non-hydrogen) atoms. The fourth-order valence-corrected chi connectivity index (χ4v) is 2.53. The van der Waals surface area contributed by atoms with Crippen LogP contribution in [0.2, 0.25) is 0 Å². The first-order chi connectivity index (χ1) is 8.88. The van der Waals surface area contributed by atoms with Gasteiger partial charge in [0.25, 0.3) is 0 Å². The van der Waals surface area contributed by atoms with Crippen molar-refractivity contribution in [3.05, 3.63) is 35.4 Å². The van der Waals surface area contributed by atoms with Crippen LogP contribution in [-0.2, 0) is 12.8 Å². The van der Waals surface area contributed by atoms with E-state index in [2.05, 4.69) is 38.1 Å². The van der Waals surface area contributed by atoms with Gasteiger partial charge in [-0.1, -0.05) is 76.6 Å². The Morgan fingerprint density at radius 2 is 1.06 bits per heavy atom. The Morgan fingerprint density at radius 3 is 1.61 bits per heavy atom. The molecule has 1 aromatic rings. The summed E-state index contributed by atoms with van der Waals surface area (Å²) >= 11 is 0. The van der Waals surface area contributed by atoms with Gasteiger partial charge in [-0.3, -0.25) is 0 Å². The summed E-state index contributed by atoms with van der Waals surface area (Å²) in [5.41, 5.74) is 3.20. The maximum atomic E-state index is 2.33. The zero-order chi connectivity index (χ0) is 13.1. The van der Waals surface area contributed by atoms with Crippen LogP contribution in [0.1, 0.15) is 76.3 Å². The van der Waals surface area contributed by atoms with E-state index >= 15 is 0 Å². The number of aryl methyl sites for hydroxylation is 2. The van der Waals surface area contributed by atoms with E-state index in [0.29, 0.717) is 0 Å². The van der Waals surface area contributed by atoms with Gasteiger partial charge in [0.2, 0.25) is 0 Å². The Kier molecular flexibility index (Phi) is 8.63. The highest BCUT2D eigenvalue weighted by Gasteiger charge is 2.01. The summed E-state index contributed by atoms with van der Waals surface area (Å²) in [6.07, 6.45) is 13.5. The van der Waals surface area contributed by atoms with Crippen LogP contribution >= 0.6 is 0 Å². The van der Waals surface area contributed by atoms with Gasteiger partial charge in [-0.25, -0.2) is 0 Å². The van der Waals surface area contributed by atoms with E-state index in [1.165, 1.54) is 64.2 Å². The molecule has 0 radical (unpaired) electrons. The molecule has 1 aromatic carbocycles. The Bertz CT molecular complexity index is 301. The quantitative estimate of drug-likeness (QED) is 0.449. The molecule has 0 nitrogen and oxygen atoms in total. The summed E-state index contributed by atoms with van der Waals surface area (Å²) in [5.74, 6) is 0.